The number of aromatic nitrogens is 2. The number of likely N-dealkylation sites (tertiary alicyclic amines) is 1. The van der Waals surface area contributed by atoms with Gasteiger partial charge < -0.3 is 35.8 Å². The molecule has 5 N–H and O–H groups in total. The molecule has 6 atom stereocenters. The third-order valence-electron chi connectivity index (χ3n) is 10.6. The zero-order valence-electron chi connectivity index (χ0n) is 30.4. The highest BCUT2D eigenvalue weighted by molar-refractivity contribution is 6.38. The van der Waals surface area contributed by atoms with Crippen molar-refractivity contribution >= 4 is 29.5 Å². The molecule has 4 rings (SSSR count). The Bertz CT molecular complexity index is 1530. The van der Waals surface area contributed by atoms with Gasteiger partial charge in [-0.2, -0.15) is 0 Å². The number of hydrogen-bond acceptors (Lipinski definition) is 7. The fourth-order valence-electron chi connectivity index (χ4n) is 7.32. The molecule has 2 saturated carbocycles. The summed E-state index contributed by atoms with van der Waals surface area (Å²) in [6.45, 7) is 19.3. The summed E-state index contributed by atoms with van der Waals surface area (Å²) in [7, 11) is 1.53. The maximum atomic E-state index is 14.6. The van der Waals surface area contributed by atoms with Gasteiger partial charge in [-0.05, 0) is 40.4 Å². The normalized spacial score (nSPS) is 23.0. The Morgan fingerprint density at radius 1 is 1.10 bits per heavy atom. The highest BCUT2D eigenvalue weighted by Crippen LogP contribution is 2.65. The van der Waals surface area contributed by atoms with Crippen molar-refractivity contribution in [3.05, 3.63) is 29.3 Å². The van der Waals surface area contributed by atoms with E-state index in [9.17, 15) is 33.9 Å². The molecule has 0 aromatic carbocycles. The van der Waals surface area contributed by atoms with Crippen LogP contribution in [-0.4, -0.2) is 98.3 Å². The monoisotopic (exact) mass is 685 g/mol. The summed E-state index contributed by atoms with van der Waals surface area (Å²) in [5, 5.41) is 18.5. The van der Waals surface area contributed by atoms with Gasteiger partial charge >= 0.3 is 11.7 Å². The molecule has 1 aliphatic heterocycles. The molecule has 14 nitrogen and oxygen atoms in total. The second-order valence-electron chi connectivity index (χ2n) is 16.8. The number of piperidine rings is 1. The first-order valence-electron chi connectivity index (χ1n) is 17.2. The first-order chi connectivity index (χ1) is 22.6. The average Bonchev–Trinajstić information content (AvgIpc) is 3.80. The Kier molecular flexibility index (Phi) is 10.5. The lowest BCUT2D eigenvalue weighted by atomic mass is 9.84. The van der Waals surface area contributed by atoms with Gasteiger partial charge in [0.2, 0.25) is 23.5 Å². The Balaban J connectivity index is 1.57. The first kappa shape index (κ1) is 37.7. The van der Waals surface area contributed by atoms with Crippen LogP contribution in [-0.2, 0) is 25.7 Å². The van der Waals surface area contributed by atoms with E-state index in [0.29, 0.717) is 13.0 Å². The van der Waals surface area contributed by atoms with Crippen molar-refractivity contribution in [1.82, 2.24) is 35.3 Å². The van der Waals surface area contributed by atoms with Crippen molar-refractivity contribution in [3.8, 4) is 5.88 Å². The predicted molar refractivity (Wildman–Crippen MR) is 183 cm³/mol. The zero-order valence-corrected chi connectivity index (χ0v) is 30.4. The van der Waals surface area contributed by atoms with E-state index < -0.39 is 70.2 Å². The average molecular weight is 686 g/mol. The highest BCUT2D eigenvalue weighted by Gasteiger charge is 2.70. The number of aromatic hydroxyl groups is 1. The van der Waals surface area contributed by atoms with Crippen molar-refractivity contribution in [1.29, 1.82) is 0 Å². The Hall–Kier alpha value is -4.10. The topological polar surface area (TPSA) is 186 Å². The second-order valence-corrected chi connectivity index (χ2v) is 16.8. The molecule has 0 bridgehead atoms. The smallest absolute Gasteiger partial charge is 0.328 e. The largest absolute Gasteiger partial charge is 0.493 e. The fourth-order valence-corrected chi connectivity index (χ4v) is 7.32. The number of nitrogens with zero attached hydrogens (tertiary/aromatic N) is 3. The first-order valence-corrected chi connectivity index (χ1v) is 17.2. The van der Waals surface area contributed by atoms with E-state index in [1.165, 1.54) is 24.2 Å². The molecule has 49 heavy (non-hydrogen) atoms. The van der Waals surface area contributed by atoms with Crippen LogP contribution in [0.1, 0.15) is 74.7 Å². The Morgan fingerprint density at radius 2 is 1.73 bits per heavy atom. The minimum atomic E-state index is -1.02. The van der Waals surface area contributed by atoms with Gasteiger partial charge in [0.05, 0.1) is 24.8 Å². The summed E-state index contributed by atoms with van der Waals surface area (Å²) < 4.78 is 1.13. The maximum absolute atomic E-state index is 14.6. The van der Waals surface area contributed by atoms with Crippen LogP contribution in [0.3, 0.4) is 0 Å². The Morgan fingerprint density at radius 3 is 2.24 bits per heavy atom. The third kappa shape index (κ3) is 8.04. The second kappa shape index (κ2) is 13.7. The van der Waals surface area contributed by atoms with Gasteiger partial charge in [0.1, 0.15) is 12.1 Å². The van der Waals surface area contributed by atoms with Crippen LogP contribution in [0.25, 0.3) is 0 Å². The molecule has 272 valence electrons. The Labute approximate surface area is 288 Å². The number of likely N-dealkylation sites (N-methyl/N-ethyl adjacent to an activating group) is 1. The number of hydrogen-bond donors (Lipinski definition) is 5. The van der Waals surface area contributed by atoms with Crippen molar-refractivity contribution in [2.24, 2.45) is 34.0 Å². The summed E-state index contributed by atoms with van der Waals surface area (Å²) in [5.74, 6) is -2.51. The van der Waals surface area contributed by atoms with E-state index >= 15 is 0 Å². The van der Waals surface area contributed by atoms with E-state index in [1.807, 2.05) is 41.5 Å². The number of aromatic amines is 1. The lowest BCUT2D eigenvalue weighted by Crippen LogP contribution is -2.62. The molecule has 1 saturated heterocycles. The summed E-state index contributed by atoms with van der Waals surface area (Å²) in [6, 6.07) is -4.05. The SMILES string of the molecule is C=CCNC(=O)C(=O)C(CC1CC1)NC(=O)[C@@H]1[C@@H]2[C@H](CN1C(=O)[C@@H](N(C)C(=O)N[C@H](Cn1c(O)c[nH]c1=O)C(C)(C)C)C(C)(C)C)C2(C)C. The number of rotatable bonds is 13. The van der Waals surface area contributed by atoms with Crippen molar-refractivity contribution in [2.75, 3.05) is 20.1 Å². The van der Waals surface area contributed by atoms with Crippen LogP contribution in [0.4, 0.5) is 4.79 Å². The van der Waals surface area contributed by atoms with Crippen LogP contribution in [0.2, 0.25) is 0 Å². The molecule has 0 radical (unpaired) electrons. The molecular formula is C35H55N7O7. The van der Waals surface area contributed by atoms with E-state index in [-0.39, 0.29) is 42.1 Å². The number of carbonyl (C=O) groups excluding carboxylic acids is 5. The number of imidazole rings is 1. The van der Waals surface area contributed by atoms with Gasteiger partial charge in [-0.1, -0.05) is 74.3 Å². The standard InChI is InChI=1S/C35H55N7O7/c1-11-14-36-29(46)26(44)21(15-19-12-13-19)38-28(45)25-24-20(35(24,8)9)17-42(25)30(47)27(34(5,6)7)40(10)32(49)39-22(33(2,3)4)18-41-23(43)16-37-31(41)48/h11,16,19-22,24-25,27,43H,1,12-15,17-18H2,2-10H3,(H,36,46)(H,37,48)(H,38,45)(H,39,49)/t20-,21?,22+,24-,25-,27+/m0/s1. The van der Waals surface area contributed by atoms with Gasteiger partial charge in [-0.3, -0.25) is 23.7 Å². The number of Topliss-reactive ketones (excluding diaryl/α,β-unsaturated/α-hetero) is 1. The van der Waals surface area contributed by atoms with E-state index in [2.05, 4.69) is 41.4 Å². The number of H-pyrrole nitrogens is 1. The molecule has 2 heterocycles. The molecule has 14 heteroatoms. The molecule has 5 amide bonds. The molecule has 1 unspecified atom stereocenters. The lowest BCUT2D eigenvalue weighted by Gasteiger charge is -2.42. The van der Waals surface area contributed by atoms with Crippen molar-refractivity contribution in [2.45, 2.75) is 105 Å². The molecule has 3 aliphatic rings. The zero-order chi connectivity index (χ0) is 36.8. The number of carbonyl (C=O) groups is 5. The minimum absolute atomic E-state index is 0.00938. The molecule has 1 aromatic rings. The number of ketones is 1. The predicted octanol–water partition coefficient (Wildman–Crippen LogP) is 1.99. The van der Waals surface area contributed by atoms with Crippen molar-refractivity contribution in [3.63, 3.8) is 0 Å². The number of fused-ring (bicyclic) bond motifs is 1. The quantitative estimate of drug-likeness (QED) is 0.155. The number of amides is 5. The molecule has 0 spiro atoms. The summed E-state index contributed by atoms with van der Waals surface area (Å²) >= 11 is 0. The van der Waals surface area contributed by atoms with E-state index in [0.717, 1.165) is 17.4 Å². The van der Waals surface area contributed by atoms with E-state index in [1.54, 1.807) is 4.90 Å². The number of urea groups is 1. The van der Waals surface area contributed by atoms with Gasteiger partial charge in [-0.25, -0.2) is 9.59 Å². The van der Waals surface area contributed by atoms with Gasteiger partial charge in [-0.15, -0.1) is 6.58 Å². The third-order valence-corrected chi connectivity index (χ3v) is 10.6. The number of nitrogens with one attached hydrogen (secondary N) is 4. The van der Waals surface area contributed by atoms with Crippen LogP contribution < -0.4 is 21.6 Å². The van der Waals surface area contributed by atoms with Crippen LogP contribution >= 0.6 is 0 Å². The fraction of sp³-hybridized carbons (Fsp3) is 0.714. The van der Waals surface area contributed by atoms with Crippen LogP contribution in [0.15, 0.2) is 23.6 Å². The van der Waals surface area contributed by atoms with Gasteiger partial charge in [0.15, 0.2) is 0 Å². The van der Waals surface area contributed by atoms with E-state index in [4.69, 9.17) is 0 Å². The highest BCUT2D eigenvalue weighted by atomic mass is 16.3. The van der Waals surface area contributed by atoms with Crippen molar-refractivity contribution < 1.29 is 29.1 Å². The summed E-state index contributed by atoms with van der Waals surface area (Å²) in [4.78, 5) is 86.0. The summed E-state index contributed by atoms with van der Waals surface area (Å²) in [6.07, 6.45) is 4.83. The summed E-state index contributed by atoms with van der Waals surface area (Å²) in [5.41, 5.74) is -2.02. The molecule has 3 fully saturated rings. The minimum Gasteiger partial charge on any atom is -0.493 e. The van der Waals surface area contributed by atoms with Crippen LogP contribution in [0.5, 0.6) is 5.88 Å². The van der Waals surface area contributed by atoms with Gasteiger partial charge in [0, 0.05) is 20.1 Å². The van der Waals surface area contributed by atoms with Crippen LogP contribution in [0, 0.1) is 34.0 Å². The maximum Gasteiger partial charge on any atom is 0.328 e. The molecule has 2 aliphatic carbocycles. The lowest BCUT2D eigenvalue weighted by molar-refractivity contribution is -0.147. The molecular weight excluding hydrogens is 630 g/mol. The van der Waals surface area contributed by atoms with Gasteiger partial charge in [0.25, 0.3) is 5.91 Å². The molecule has 1 aromatic heterocycles.